The van der Waals surface area contributed by atoms with Crippen molar-refractivity contribution >= 4 is 22.7 Å². The molecule has 0 aliphatic carbocycles. The fourth-order valence-corrected chi connectivity index (χ4v) is 3.62. The molecule has 1 aliphatic heterocycles. The van der Waals surface area contributed by atoms with Crippen molar-refractivity contribution in [2.24, 2.45) is 7.05 Å². The topological polar surface area (TPSA) is 71.6 Å². The molecule has 1 fully saturated rings. The summed E-state index contributed by atoms with van der Waals surface area (Å²) >= 11 is 0. The maximum Gasteiger partial charge on any atom is 0.419 e. The molecular formula is C21H24N4O3. The smallest absolute Gasteiger partial charge is 0.408 e. The first-order valence-electron chi connectivity index (χ1n) is 9.55. The minimum Gasteiger partial charge on any atom is -0.408 e. The van der Waals surface area contributed by atoms with E-state index in [0.29, 0.717) is 23.1 Å². The summed E-state index contributed by atoms with van der Waals surface area (Å²) in [5, 5.41) is 0. The zero-order chi connectivity index (χ0) is 19.7. The van der Waals surface area contributed by atoms with Gasteiger partial charge >= 0.3 is 5.76 Å². The number of hydrogen-bond donors (Lipinski definition) is 0. The van der Waals surface area contributed by atoms with Gasteiger partial charge in [-0.05, 0) is 37.3 Å². The molecule has 2 aromatic heterocycles. The summed E-state index contributed by atoms with van der Waals surface area (Å²) in [7, 11) is 1.65. The number of benzene rings is 1. The number of piperazine rings is 1. The molecule has 28 heavy (non-hydrogen) atoms. The minimum absolute atomic E-state index is 0.0659. The second-order valence-corrected chi connectivity index (χ2v) is 7.25. The van der Waals surface area contributed by atoms with Gasteiger partial charge in [-0.3, -0.25) is 14.3 Å². The maximum atomic E-state index is 12.6. The van der Waals surface area contributed by atoms with Gasteiger partial charge < -0.3 is 9.32 Å². The van der Waals surface area contributed by atoms with Crippen LogP contribution in [0, 0.1) is 6.92 Å². The highest BCUT2D eigenvalue weighted by Crippen LogP contribution is 2.17. The van der Waals surface area contributed by atoms with E-state index in [1.54, 1.807) is 25.2 Å². The van der Waals surface area contributed by atoms with Crippen LogP contribution in [0.3, 0.4) is 0 Å². The fourth-order valence-electron chi connectivity index (χ4n) is 3.62. The number of aromatic nitrogens is 2. The van der Waals surface area contributed by atoms with Gasteiger partial charge in [0.25, 0.3) is 0 Å². The molecule has 0 unspecified atom stereocenters. The van der Waals surface area contributed by atoms with E-state index in [4.69, 9.17) is 4.42 Å². The Labute approximate surface area is 163 Å². The molecule has 3 heterocycles. The number of carbonyl (C=O) groups is 1. The van der Waals surface area contributed by atoms with Crippen molar-refractivity contribution in [2.75, 3.05) is 37.6 Å². The number of carbonyl (C=O) groups excluding carboxylic acids is 1. The Hall–Kier alpha value is -2.93. The molecule has 0 radical (unpaired) electrons. The lowest BCUT2D eigenvalue weighted by Crippen LogP contribution is -2.47. The average molecular weight is 380 g/mol. The fraction of sp³-hybridized carbons (Fsp3) is 0.381. The number of anilines is 1. The SMILES string of the molecule is Cc1cccc(N2CCN(CCC(=O)c3ccc4c(c3)oc(=O)n4C)CC2)n1. The van der Waals surface area contributed by atoms with E-state index in [1.807, 2.05) is 25.1 Å². The molecule has 0 N–H and O–H groups in total. The lowest BCUT2D eigenvalue weighted by Gasteiger charge is -2.35. The van der Waals surface area contributed by atoms with Crippen LogP contribution in [-0.2, 0) is 7.05 Å². The first-order chi connectivity index (χ1) is 13.5. The number of fused-ring (bicyclic) bond motifs is 1. The summed E-state index contributed by atoms with van der Waals surface area (Å²) in [6, 6.07) is 11.3. The number of nitrogens with zero attached hydrogens (tertiary/aromatic N) is 4. The van der Waals surface area contributed by atoms with Gasteiger partial charge in [0.05, 0.1) is 5.52 Å². The van der Waals surface area contributed by atoms with Gasteiger partial charge in [-0.1, -0.05) is 6.07 Å². The summed E-state index contributed by atoms with van der Waals surface area (Å²) in [5.41, 5.74) is 2.77. The average Bonchev–Trinajstić information content (AvgIpc) is 2.99. The van der Waals surface area contributed by atoms with Crippen molar-refractivity contribution in [3.05, 3.63) is 58.2 Å². The third-order valence-corrected chi connectivity index (χ3v) is 5.34. The Balaban J connectivity index is 1.33. The van der Waals surface area contributed by atoms with Crippen LogP contribution >= 0.6 is 0 Å². The first kappa shape index (κ1) is 18.4. The van der Waals surface area contributed by atoms with Gasteiger partial charge in [0.15, 0.2) is 11.4 Å². The third kappa shape index (κ3) is 3.71. The van der Waals surface area contributed by atoms with E-state index in [9.17, 15) is 9.59 Å². The molecule has 7 nitrogen and oxygen atoms in total. The van der Waals surface area contributed by atoms with E-state index >= 15 is 0 Å². The van der Waals surface area contributed by atoms with E-state index in [1.165, 1.54) is 4.57 Å². The lowest BCUT2D eigenvalue weighted by molar-refractivity contribution is 0.0962. The molecule has 0 amide bonds. The Kier molecular flexibility index (Phi) is 5.00. The highest BCUT2D eigenvalue weighted by molar-refractivity contribution is 5.98. The predicted molar refractivity (Wildman–Crippen MR) is 108 cm³/mol. The molecule has 7 heteroatoms. The monoisotopic (exact) mass is 380 g/mol. The number of rotatable bonds is 5. The lowest BCUT2D eigenvalue weighted by atomic mass is 10.1. The summed E-state index contributed by atoms with van der Waals surface area (Å²) in [4.78, 5) is 33.4. The van der Waals surface area contributed by atoms with Crippen LogP contribution in [0.2, 0.25) is 0 Å². The number of hydrogen-bond acceptors (Lipinski definition) is 6. The van der Waals surface area contributed by atoms with E-state index in [-0.39, 0.29) is 5.78 Å². The van der Waals surface area contributed by atoms with Gasteiger partial charge in [0.2, 0.25) is 0 Å². The van der Waals surface area contributed by atoms with Gasteiger partial charge in [-0.25, -0.2) is 9.78 Å². The largest absolute Gasteiger partial charge is 0.419 e. The number of Topliss-reactive ketones (excluding diaryl/α,β-unsaturated/α-hetero) is 1. The number of aryl methyl sites for hydroxylation is 2. The second-order valence-electron chi connectivity index (χ2n) is 7.25. The van der Waals surface area contributed by atoms with Crippen LogP contribution in [-0.4, -0.2) is 53.0 Å². The summed E-state index contributed by atoms with van der Waals surface area (Å²) in [6.45, 7) is 6.37. The molecule has 0 atom stereocenters. The normalized spacial score (nSPS) is 15.3. The van der Waals surface area contributed by atoms with E-state index in [0.717, 1.165) is 44.2 Å². The van der Waals surface area contributed by atoms with Crippen LogP contribution in [0.15, 0.2) is 45.6 Å². The predicted octanol–water partition coefficient (Wildman–Crippen LogP) is 2.23. The quantitative estimate of drug-likeness (QED) is 0.632. The van der Waals surface area contributed by atoms with E-state index < -0.39 is 5.76 Å². The van der Waals surface area contributed by atoms with Crippen LogP contribution in [0.4, 0.5) is 5.82 Å². The molecular weight excluding hydrogens is 356 g/mol. The Morgan fingerprint density at radius 1 is 1.14 bits per heavy atom. The van der Waals surface area contributed by atoms with Crippen molar-refractivity contribution in [2.45, 2.75) is 13.3 Å². The van der Waals surface area contributed by atoms with Crippen LogP contribution < -0.4 is 10.7 Å². The van der Waals surface area contributed by atoms with Crippen molar-refractivity contribution in [3.8, 4) is 0 Å². The zero-order valence-corrected chi connectivity index (χ0v) is 16.2. The van der Waals surface area contributed by atoms with Crippen molar-refractivity contribution in [1.29, 1.82) is 0 Å². The summed E-state index contributed by atoms with van der Waals surface area (Å²) in [6.07, 6.45) is 0.450. The molecule has 4 rings (SSSR count). The molecule has 1 aromatic carbocycles. The third-order valence-electron chi connectivity index (χ3n) is 5.34. The maximum absolute atomic E-state index is 12.6. The van der Waals surface area contributed by atoms with Crippen molar-refractivity contribution in [3.63, 3.8) is 0 Å². The van der Waals surface area contributed by atoms with Gasteiger partial charge in [0, 0.05) is 57.4 Å². The number of pyridine rings is 1. The van der Waals surface area contributed by atoms with Gasteiger partial charge in [-0.2, -0.15) is 0 Å². The van der Waals surface area contributed by atoms with Crippen LogP contribution in [0.5, 0.6) is 0 Å². The summed E-state index contributed by atoms with van der Waals surface area (Å²) < 4.78 is 6.62. The van der Waals surface area contributed by atoms with E-state index in [2.05, 4.69) is 14.8 Å². The zero-order valence-electron chi connectivity index (χ0n) is 16.2. The standard InChI is InChI=1S/C21H24N4O3/c1-15-4-3-5-20(22-15)25-12-10-24(11-13-25)9-8-18(26)16-6-7-17-19(14-16)28-21(27)23(17)2/h3-7,14H,8-13H2,1-2H3. The number of ketones is 1. The highest BCUT2D eigenvalue weighted by atomic mass is 16.4. The Morgan fingerprint density at radius 3 is 2.68 bits per heavy atom. The van der Waals surface area contributed by atoms with Crippen molar-refractivity contribution < 1.29 is 9.21 Å². The Morgan fingerprint density at radius 2 is 1.93 bits per heavy atom. The molecule has 146 valence electrons. The molecule has 3 aromatic rings. The Bertz CT molecular complexity index is 1060. The molecule has 0 bridgehead atoms. The minimum atomic E-state index is -0.416. The molecule has 1 saturated heterocycles. The van der Waals surface area contributed by atoms with Gasteiger partial charge in [0.1, 0.15) is 5.82 Å². The van der Waals surface area contributed by atoms with Gasteiger partial charge in [-0.15, -0.1) is 0 Å². The van der Waals surface area contributed by atoms with Crippen LogP contribution in [0.25, 0.3) is 11.1 Å². The first-order valence-corrected chi connectivity index (χ1v) is 9.55. The number of oxazole rings is 1. The van der Waals surface area contributed by atoms with Crippen LogP contribution in [0.1, 0.15) is 22.5 Å². The second kappa shape index (κ2) is 7.59. The summed E-state index contributed by atoms with van der Waals surface area (Å²) in [5.74, 6) is 0.671. The molecule has 1 aliphatic rings. The highest BCUT2D eigenvalue weighted by Gasteiger charge is 2.19. The molecule has 0 spiro atoms. The van der Waals surface area contributed by atoms with Crippen molar-refractivity contribution in [1.82, 2.24) is 14.5 Å². The molecule has 0 saturated carbocycles.